The van der Waals surface area contributed by atoms with Crippen LogP contribution in [-0.2, 0) is 129 Å². The zero-order chi connectivity index (χ0) is 85.9. The van der Waals surface area contributed by atoms with Gasteiger partial charge in [0.1, 0.15) is 55.4 Å². The number of ether oxygens (including phenoxy) is 18. The van der Waals surface area contributed by atoms with Crippen LogP contribution in [0.25, 0.3) is 90.9 Å². The van der Waals surface area contributed by atoms with Crippen molar-refractivity contribution in [1.82, 2.24) is 19.9 Å². The average molecular weight is 1650 g/mol. The van der Waals surface area contributed by atoms with Gasteiger partial charge in [-0.1, -0.05) is 84.9 Å². The minimum absolute atomic E-state index is 0.0237. The molecule has 628 valence electrons. The number of hydrogen-bond donors (Lipinski definition) is 2. The van der Waals surface area contributed by atoms with E-state index in [1.165, 1.54) is 0 Å². The second-order valence-electron chi connectivity index (χ2n) is 27.9. The predicted octanol–water partition coefficient (Wildman–Crippen LogP) is 9.71. The Morgan fingerprint density at radius 1 is 0.275 bits per heavy atom. The molecule has 15 atom stereocenters. The first-order valence-electron chi connectivity index (χ1n) is 37.8. The minimum Gasteiger partial charge on any atom is -0.463 e. The van der Waals surface area contributed by atoms with E-state index in [9.17, 15) is 57.5 Å². The molecule has 5 aliphatic heterocycles. The molecule has 34 heteroatoms. The lowest BCUT2D eigenvalue weighted by Crippen LogP contribution is -2.63. The number of nitrogens with zero attached hydrogens (tertiary/aromatic N) is 2. The molecule has 4 aromatic carbocycles. The average Bonchev–Trinajstić information content (AvgIpc) is 1.42. The highest BCUT2D eigenvalue weighted by Crippen LogP contribution is 2.46. The highest BCUT2D eigenvalue weighted by molar-refractivity contribution is 6.01. The molecule has 0 radical (unpaired) electrons. The predicted molar refractivity (Wildman–Crippen MR) is 418 cm³/mol. The summed E-state index contributed by atoms with van der Waals surface area (Å²) in [5, 5.41) is 0. The number of fused-ring (bicyclic) bond motifs is 8. The van der Waals surface area contributed by atoms with E-state index in [1.807, 2.05) is 36.4 Å². The summed E-state index contributed by atoms with van der Waals surface area (Å²) in [7, 11) is 0. The molecule has 8 bridgehead atoms. The molecule has 0 unspecified atom stereocenters. The van der Waals surface area contributed by atoms with E-state index in [-0.39, 0.29) is 45.3 Å². The quantitative estimate of drug-likeness (QED) is 0.0397. The highest BCUT2D eigenvalue weighted by atomic mass is 16.8. The van der Waals surface area contributed by atoms with Gasteiger partial charge in [-0.05, 0) is 72.3 Å². The van der Waals surface area contributed by atoms with Crippen LogP contribution in [0.3, 0.4) is 0 Å². The number of carbonyl (C=O) groups is 12. The van der Waals surface area contributed by atoms with Gasteiger partial charge in [0.15, 0.2) is 36.6 Å². The van der Waals surface area contributed by atoms with Gasteiger partial charge in [0.05, 0.1) is 22.8 Å². The van der Waals surface area contributed by atoms with Crippen LogP contribution in [0, 0.1) is 0 Å². The summed E-state index contributed by atoms with van der Waals surface area (Å²) in [6.07, 6.45) is -17.2. The Labute approximate surface area is 684 Å². The number of rotatable bonds is 25. The van der Waals surface area contributed by atoms with E-state index in [0.29, 0.717) is 61.3 Å². The standard InChI is InChI=1S/C86H84N4O30/c1-41(91)103-38-68-75(106-44(4)94)78(109-47(7)97)81(112-50(10)100)84(118-68)115-65-27-19-16-24-54(65)72-59-32-30-57(87-59)71(53-22-14-13-15-23-53)58-31-33-60(88-58)73(55-25-17-20-28-66(55)116-85-82(113-51(11)101)79(110-48(8)98)76(107-45(5)95)69(119-85)39-104-42(2)92)62-35-37-64(90-62)74(63-36-34-61(72)89-63)56-26-18-21-29-67(56)117-86-83(114-52(12)102)80(111-49(9)99)77(108-46(6)96)70(120-86)40-105-43(3)93/h13-37,68-70,75-87,90H,38-40H2,1-12H3/t68-,69-,70-,75-,76-,77-,78+,79+,80+,81-,82-,83-,84-,85-,86-/m1/s1. The fourth-order valence-corrected chi connectivity index (χ4v) is 14.5. The summed E-state index contributed by atoms with van der Waals surface area (Å²) in [6.45, 7) is 11.5. The smallest absolute Gasteiger partial charge is 0.303 e. The molecule has 8 heterocycles. The Kier molecular flexibility index (Phi) is 27.0. The minimum atomic E-state index is -1.78. The van der Waals surface area contributed by atoms with Gasteiger partial charge in [-0.3, -0.25) is 57.5 Å². The summed E-state index contributed by atoms with van der Waals surface area (Å²) in [4.78, 5) is 173. The second kappa shape index (κ2) is 37.8. The molecular weight excluding hydrogens is 1570 g/mol. The first kappa shape index (κ1) is 85.8. The van der Waals surface area contributed by atoms with E-state index < -0.39 is 184 Å². The zero-order valence-electron chi connectivity index (χ0n) is 66.9. The van der Waals surface area contributed by atoms with Crippen LogP contribution in [0.5, 0.6) is 17.2 Å². The molecule has 3 saturated heterocycles. The summed E-state index contributed by atoms with van der Waals surface area (Å²) in [6, 6.07) is 36.3. The van der Waals surface area contributed by atoms with Crippen LogP contribution >= 0.6 is 0 Å². The molecule has 120 heavy (non-hydrogen) atoms. The monoisotopic (exact) mass is 1650 g/mol. The fraction of sp³-hybridized carbons (Fsp3) is 0.349. The maximum atomic E-state index is 13.3. The number of H-pyrrole nitrogens is 2. The van der Waals surface area contributed by atoms with Crippen molar-refractivity contribution in [3.8, 4) is 61.8 Å². The molecule has 5 aliphatic rings. The van der Waals surface area contributed by atoms with Gasteiger partial charge in [-0.15, -0.1) is 0 Å². The topological polar surface area (TPSA) is 428 Å². The fourth-order valence-electron chi connectivity index (χ4n) is 14.5. The molecule has 2 N–H and O–H groups in total. The highest BCUT2D eigenvalue weighted by Gasteiger charge is 2.57. The molecule has 12 rings (SSSR count). The summed E-state index contributed by atoms with van der Waals surface area (Å²) < 4.78 is 109. The van der Waals surface area contributed by atoms with E-state index in [0.717, 1.165) is 83.1 Å². The number of carbonyl (C=O) groups excluding carboxylic acids is 12. The molecule has 0 spiro atoms. The SMILES string of the molecule is CC(=O)OC[C@H]1O[C@@H](Oc2ccccc2-c2c3nc(c(-c4ccccc4O[C@@H]4O[C@H](COC(C)=O)[C@@H](OC(C)=O)[C@H](OC(C)=O)[C@H]4OC(C)=O)c4ccc([nH]4)c(-c4ccccc4O[C@@H]4O[C@H](COC(C)=O)[C@@H](OC(C)=O)[C@H](OC(C)=O)[C@H]4OC(C)=O)c4nc(c(-c5ccccc5)c5ccc2[nH]5)C=C4)C=C3)[C@H](OC(C)=O)[C@@H](OC(C)=O)[C@@H]1OC(C)=O. The number of hydrogen-bond acceptors (Lipinski definition) is 32. The Morgan fingerprint density at radius 2 is 0.508 bits per heavy atom. The number of para-hydroxylation sites is 3. The van der Waals surface area contributed by atoms with Gasteiger partial charge in [-0.25, -0.2) is 9.97 Å². The Bertz CT molecular complexity index is 5240. The van der Waals surface area contributed by atoms with Crippen LogP contribution < -0.4 is 14.2 Å². The number of benzene rings is 4. The second-order valence-corrected chi connectivity index (χ2v) is 27.9. The van der Waals surface area contributed by atoms with Gasteiger partial charge in [0, 0.05) is 144 Å². The van der Waals surface area contributed by atoms with Crippen molar-refractivity contribution in [2.24, 2.45) is 0 Å². The Morgan fingerprint density at radius 3 is 0.775 bits per heavy atom. The molecule has 3 fully saturated rings. The molecular formula is C86H84N4O30. The van der Waals surface area contributed by atoms with Gasteiger partial charge < -0.3 is 95.2 Å². The number of nitrogens with one attached hydrogen (secondary N) is 2. The van der Waals surface area contributed by atoms with E-state index in [4.69, 9.17) is 95.2 Å². The van der Waals surface area contributed by atoms with Gasteiger partial charge in [-0.2, -0.15) is 0 Å². The van der Waals surface area contributed by atoms with Crippen molar-refractivity contribution < 1.29 is 143 Å². The first-order valence-corrected chi connectivity index (χ1v) is 37.8. The molecule has 0 aliphatic carbocycles. The van der Waals surface area contributed by atoms with Gasteiger partial charge >= 0.3 is 71.6 Å². The van der Waals surface area contributed by atoms with Crippen LogP contribution in [-0.4, -0.2) is 204 Å². The van der Waals surface area contributed by atoms with Crippen LogP contribution in [0.2, 0.25) is 0 Å². The summed E-state index contributed by atoms with van der Waals surface area (Å²) >= 11 is 0. The lowest BCUT2D eigenvalue weighted by molar-refractivity contribution is -0.288. The molecule has 34 nitrogen and oxygen atoms in total. The first-order chi connectivity index (χ1) is 57.4. The lowest BCUT2D eigenvalue weighted by Gasteiger charge is -2.44. The van der Waals surface area contributed by atoms with E-state index in [1.54, 1.807) is 115 Å². The van der Waals surface area contributed by atoms with Crippen LogP contribution in [0.15, 0.2) is 127 Å². The van der Waals surface area contributed by atoms with Crippen molar-refractivity contribution in [2.75, 3.05) is 19.8 Å². The van der Waals surface area contributed by atoms with E-state index >= 15 is 0 Å². The molecule has 7 aromatic rings. The number of esters is 12. The van der Waals surface area contributed by atoms with Crippen molar-refractivity contribution in [2.45, 2.75) is 175 Å². The normalized spacial score (nSPS) is 22.8. The van der Waals surface area contributed by atoms with Gasteiger partial charge in [0.2, 0.25) is 37.2 Å². The Hall–Kier alpha value is -13.6. The van der Waals surface area contributed by atoms with E-state index in [2.05, 4.69) is 9.97 Å². The largest absolute Gasteiger partial charge is 0.463 e. The van der Waals surface area contributed by atoms with Crippen molar-refractivity contribution >= 4 is 118 Å². The van der Waals surface area contributed by atoms with Crippen molar-refractivity contribution in [3.63, 3.8) is 0 Å². The summed E-state index contributed by atoms with van der Waals surface area (Å²) in [5.41, 5.74) is 5.61. The summed E-state index contributed by atoms with van der Waals surface area (Å²) in [5.74, 6) is -10.2. The van der Waals surface area contributed by atoms with Crippen LogP contribution in [0.1, 0.15) is 106 Å². The molecule has 0 amide bonds. The maximum absolute atomic E-state index is 13.3. The van der Waals surface area contributed by atoms with Gasteiger partial charge in [0.25, 0.3) is 0 Å². The molecule has 3 aromatic heterocycles. The number of aromatic amines is 2. The third-order valence-corrected chi connectivity index (χ3v) is 18.9. The molecule has 0 saturated carbocycles. The zero-order valence-corrected chi connectivity index (χ0v) is 66.9. The maximum Gasteiger partial charge on any atom is 0.303 e. The third-order valence-electron chi connectivity index (χ3n) is 18.9. The van der Waals surface area contributed by atoms with Crippen molar-refractivity contribution in [1.29, 1.82) is 0 Å². The number of aromatic nitrogens is 4. The lowest BCUT2D eigenvalue weighted by atomic mass is 9.97. The third kappa shape index (κ3) is 20.3. The van der Waals surface area contributed by atoms with Crippen LogP contribution in [0.4, 0.5) is 0 Å². The Balaban J connectivity index is 1.14. The van der Waals surface area contributed by atoms with Crippen molar-refractivity contribution in [3.05, 3.63) is 150 Å².